The number of carbonyl (C=O) groups is 1. The van der Waals surface area contributed by atoms with Gasteiger partial charge in [0.1, 0.15) is 11.4 Å². The molecule has 0 aromatic heterocycles. The number of phenols is 2. The molecule has 0 spiro atoms. The Labute approximate surface area is 101 Å². The van der Waals surface area contributed by atoms with Gasteiger partial charge in [0.05, 0.1) is 0 Å². The number of Topliss-reactive ketones (excluding diaryl/α,β-unsaturated/α-hetero) is 1. The number of hydrogen-bond acceptors (Lipinski definition) is 4. The largest absolute Gasteiger partial charge is 0.504 e. The van der Waals surface area contributed by atoms with Gasteiger partial charge in [0.2, 0.25) is 5.75 Å². The van der Waals surface area contributed by atoms with E-state index in [9.17, 15) is 15.0 Å². The van der Waals surface area contributed by atoms with Gasteiger partial charge in [-0.1, -0.05) is 6.07 Å². The normalized spacial score (nSPS) is 11.3. The molecule has 4 nitrogen and oxygen atoms in total. The third kappa shape index (κ3) is 3.66. The van der Waals surface area contributed by atoms with Crippen molar-refractivity contribution in [3.05, 3.63) is 17.7 Å². The van der Waals surface area contributed by atoms with Crippen LogP contribution in [0.1, 0.15) is 33.3 Å². The molecule has 0 bridgehead atoms. The summed E-state index contributed by atoms with van der Waals surface area (Å²) >= 11 is 0. The smallest absolute Gasteiger partial charge is 0.200 e. The second-order valence-corrected chi connectivity index (χ2v) is 5.01. The van der Waals surface area contributed by atoms with E-state index < -0.39 is 5.60 Å². The van der Waals surface area contributed by atoms with Crippen LogP contribution in [0.3, 0.4) is 0 Å². The van der Waals surface area contributed by atoms with E-state index in [1.54, 1.807) is 12.1 Å². The number of aromatic hydroxyl groups is 2. The van der Waals surface area contributed by atoms with Crippen LogP contribution < -0.4 is 4.74 Å². The highest BCUT2D eigenvalue weighted by atomic mass is 16.5. The number of phenolic OH excluding ortho intramolecular Hbond substituents is 2. The molecular formula is C13H18O4. The van der Waals surface area contributed by atoms with Crippen molar-refractivity contribution in [1.29, 1.82) is 0 Å². The summed E-state index contributed by atoms with van der Waals surface area (Å²) in [5.41, 5.74) is -0.0669. The summed E-state index contributed by atoms with van der Waals surface area (Å²) in [7, 11) is 0. The highest BCUT2D eigenvalue weighted by molar-refractivity contribution is 5.79. The second kappa shape index (κ2) is 4.65. The molecule has 0 amide bonds. The Morgan fingerprint density at radius 2 is 1.82 bits per heavy atom. The van der Waals surface area contributed by atoms with Crippen molar-refractivity contribution >= 4 is 5.78 Å². The van der Waals surface area contributed by atoms with Crippen LogP contribution in [-0.2, 0) is 11.2 Å². The van der Waals surface area contributed by atoms with E-state index in [0.717, 1.165) is 0 Å². The van der Waals surface area contributed by atoms with Crippen molar-refractivity contribution in [2.24, 2.45) is 0 Å². The maximum absolute atomic E-state index is 11.0. The Morgan fingerprint density at radius 3 is 2.29 bits per heavy atom. The van der Waals surface area contributed by atoms with Crippen LogP contribution in [-0.4, -0.2) is 21.6 Å². The minimum absolute atomic E-state index is 0.0795. The topological polar surface area (TPSA) is 66.8 Å². The lowest BCUT2D eigenvalue weighted by molar-refractivity contribution is -0.116. The van der Waals surface area contributed by atoms with Crippen molar-refractivity contribution < 1.29 is 19.7 Å². The number of rotatable bonds is 3. The van der Waals surface area contributed by atoms with E-state index in [0.29, 0.717) is 5.56 Å². The summed E-state index contributed by atoms with van der Waals surface area (Å²) in [6.45, 7) is 6.95. The van der Waals surface area contributed by atoms with Gasteiger partial charge in [0.25, 0.3) is 0 Å². The van der Waals surface area contributed by atoms with Gasteiger partial charge in [-0.05, 0) is 33.8 Å². The third-order valence-electron chi connectivity index (χ3n) is 2.05. The molecule has 0 atom stereocenters. The number of ketones is 1. The Bertz CT molecular complexity index is 430. The first-order chi connectivity index (χ1) is 7.70. The SMILES string of the molecule is CC(=O)Cc1ccc(OC(C)(C)C)c(O)c1O. The molecule has 17 heavy (non-hydrogen) atoms. The van der Waals surface area contributed by atoms with E-state index in [1.165, 1.54) is 6.92 Å². The van der Waals surface area contributed by atoms with Crippen LogP contribution in [0.15, 0.2) is 12.1 Å². The molecule has 0 aliphatic carbocycles. The summed E-state index contributed by atoms with van der Waals surface area (Å²) in [5.74, 6) is -0.480. The fourth-order valence-electron chi connectivity index (χ4n) is 1.43. The standard InChI is InChI=1S/C13H18O4/c1-8(14)7-9-5-6-10(12(16)11(9)15)17-13(2,3)4/h5-6,15-16H,7H2,1-4H3. The van der Waals surface area contributed by atoms with E-state index in [4.69, 9.17) is 4.74 Å². The zero-order valence-corrected chi connectivity index (χ0v) is 10.6. The van der Waals surface area contributed by atoms with Gasteiger partial charge >= 0.3 is 0 Å². The molecule has 0 saturated carbocycles. The molecule has 1 aromatic carbocycles. The maximum Gasteiger partial charge on any atom is 0.200 e. The first kappa shape index (κ1) is 13.4. The number of ether oxygens (including phenoxy) is 1. The second-order valence-electron chi connectivity index (χ2n) is 5.01. The fourth-order valence-corrected chi connectivity index (χ4v) is 1.43. The van der Waals surface area contributed by atoms with Gasteiger partial charge in [0.15, 0.2) is 11.5 Å². The first-order valence-corrected chi connectivity index (χ1v) is 5.43. The lowest BCUT2D eigenvalue weighted by atomic mass is 10.1. The number of hydrogen-bond donors (Lipinski definition) is 2. The van der Waals surface area contributed by atoms with Crippen LogP contribution in [0, 0.1) is 0 Å². The Balaban J connectivity index is 3.06. The van der Waals surface area contributed by atoms with Crippen molar-refractivity contribution in [3.63, 3.8) is 0 Å². The van der Waals surface area contributed by atoms with Crippen molar-refractivity contribution in [2.75, 3.05) is 0 Å². The Hall–Kier alpha value is -1.71. The lowest BCUT2D eigenvalue weighted by Gasteiger charge is -2.22. The molecule has 0 heterocycles. The average molecular weight is 238 g/mol. The van der Waals surface area contributed by atoms with Crippen LogP contribution in [0.2, 0.25) is 0 Å². The van der Waals surface area contributed by atoms with Crippen molar-refractivity contribution in [2.45, 2.75) is 39.7 Å². The highest BCUT2D eigenvalue weighted by Gasteiger charge is 2.18. The van der Waals surface area contributed by atoms with Gasteiger partial charge in [-0.25, -0.2) is 0 Å². The monoisotopic (exact) mass is 238 g/mol. The average Bonchev–Trinajstić information content (AvgIpc) is 2.15. The quantitative estimate of drug-likeness (QED) is 0.793. The van der Waals surface area contributed by atoms with E-state index in [-0.39, 0.29) is 29.5 Å². The molecular weight excluding hydrogens is 220 g/mol. The van der Waals surface area contributed by atoms with Gasteiger partial charge in [-0.15, -0.1) is 0 Å². The van der Waals surface area contributed by atoms with Crippen LogP contribution in [0.5, 0.6) is 17.2 Å². The maximum atomic E-state index is 11.0. The van der Waals surface area contributed by atoms with Crippen LogP contribution in [0.4, 0.5) is 0 Å². The van der Waals surface area contributed by atoms with Gasteiger partial charge in [0, 0.05) is 12.0 Å². The summed E-state index contributed by atoms with van der Waals surface area (Å²) in [5, 5.41) is 19.5. The summed E-state index contributed by atoms with van der Waals surface area (Å²) in [6, 6.07) is 3.14. The third-order valence-corrected chi connectivity index (χ3v) is 2.05. The van der Waals surface area contributed by atoms with E-state index >= 15 is 0 Å². The van der Waals surface area contributed by atoms with Gasteiger partial charge in [-0.3, -0.25) is 4.79 Å². The summed E-state index contributed by atoms with van der Waals surface area (Å²) in [4.78, 5) is 11.0. The predicted molar refractivity (Wildman–Crippen MR) is 64.5 cm³/mol. The molecule has 0 aliphatic heterocycles. The fraction of sp³-hybridized carbons (Fsp3) is 0.462. The van der Waals surface area contributed by atoms with E-state index in [2.05, 4.69) is 0 Å². The lowest BCUT2D eigenvalue weighted by Crippen LogP contribution is -2.23. The number of benzene rings is 1. The molecule has 0 fully saturated rings. The minimum Gasteiger partial charge on any atom is -0.504 e. The minimum atomic E-state index is -0.466. The number of carbonyl (C=O) groups excluding carboxylic acids is 1. The summed E-state index contributed by atoms with van der Waals surface area (Å²) < 4.78 is 5.48. The molecule has 1 rings (SSSR count). The molecule has 0 unspecified atom stereocenters. The van der Waals surface area contributed by atoms with Crippen molar-refractivity contribution in [3.8, 4) is 17.2 Å². The molecule has 4 heteroatoms. The van der Waals surface area contributed by atoms with Crippen molar-refractivity contribution in [1.82, 2.24) is 0 Å². The van der Waals surface area contributed by atoms with Crippen LogP contribution >= 0.6 is 0 Å². The molecule has 0 aliphatic rings. The first-order valence-electron chi connectivity index (χ1n) is 5.43. The molecule has 1 aromatic rings. The molecule has 2 N–H and O–H groups in total. The molecule has 94 valence electrons. The zero-order chi connectivity index (χ0) is 13.2. The summed E-state index contributed by atoms with van der Waals surface area (Å²) in [6.07, 6.45) is 0.0925. The highest BCUT2D eigenvalue weighted by Crippen LogP contribution is 2.39. The molecule has 0 saturated heterocycles. The van der Waals surface area contributed by atoms with Gasteiger partial charge in [-0.2, -0.15) is 0 Å². The Kier molecular flexibility index (Phi) is 3.66. The van der Waals surface area contributed by atoms with E-state index in [1.807, 2.05) is 20.8 Å². The molecule has 0 radical (unpaired) electrons. The van der Waals surface area contributed by atoms with Gasteiger partial charge < -0.3 is 14.9 Å². The zero-order valence-electron chi connectivity index (χ0n) is 10.6. The predicted octanol–water partition coefficient (Wildman–Crippen LogP) is 2.41. The Morgan fingerprint density at radius 1 is 1.24 bits per heavy atom. The van der Waals surface area contributed by atoms with Crippen LogP contribution in [0.25, 0.3) is 0 Å².